The van der Waals surface area contributed by atoms with Gasteiger partial charge in [-0.2, -0.15) is 0 Å². The van der Waals surface area contributed by atoms with Crippen LogP contribution in [0.15, 0.2) is 0 Å². The molecule has 22 heavy (non-hydrogen) atoms. The third kappa shape index (κ3) is 2.75. The van der Waals surface area contributed by atoms with Crippen LogP contribution in [0.25, 0.3) is 10.2 Å². The second-order valence-corrected chi connectivity index (χ2v) is 7.94. The second-order valence-electron chi connectivity index (χ2n) is 6.50. The molecule has 3 heterocycles. The van der Waals surface area contributed by atoms with E-state index in [-0.39, 0.29) is 0 Å². The Hall–Kier alpha value is -0.750. The van der Waals surface area contributed by atoms with Gasteiger partial charge in [0.1, 0.15) is 29.6 Å². The maximum Gasteiger partial charge on any atom is 0.186 e. The molecule has 2 aromatic heterocycles. The van der Waals surface area contributed by atoms with Gasteiger partial charge in [-0.15, -0.1) is 11.3 Å². The lowest BCUT2D eigenvalue weighted by molar-refractivity contribution is -0.922. The summed E-state index contributed by atoms with van der Waals surface area (Å²) in [5.74, 6) is 1.64. The minimum Gasteiger partial charge on any atom is -0.370 e. The smallest absolute Gasteiger partial charge is 0.186 e. The molecular formula is C16H21ClN3OS+. The molecule has 1 aliphatic heterocycles. The lowest BCUT2D eigenvalue weighted by Crippen LogP contribution is -3.12. The summed E-state index contributed by atoms with van der Waals surface area (Å²) in [5, 5.41) is 1.77. The Morgan fingerprint density at radius 2 is 2.14 bits per heavy atom. The van der Waals surface area contributed by atoms with Crippen LogP contribution < -0.4 is 4.90 Å². The molecule has 2 aromatic rings. The highest BCUT2D eigenvalue weighted by atomic mass is 35.5. The molecule has 1 fully saturated rings. The maximum absolute atomic E-state index is 6.52. The molecule has 0 bridgehead atoms. The van der Waals surface area contributed by atoms with E-state index >= 15 is 0 Å². The molecule has 4 nitrogen and oxygen atoms in total. The Kier molecular flexibility index (Phi) is 4.07. The number of rotatable bonds is 2. The largest absolute Gasteiger partial charge is 0.370 e. The van der Waals surface area contributed by atoms with Crippen molar-refractivity contribution >= 4 is 33.2 Å². The summed E-state index contributed by atoms with van der Waals surface area (Å²) in [5.41, 5.74) is 1.41. The fourth-order valence-corrected chi connectivity index (χ4v) is 5.24. The standard InChI is InChI=1S/C16H20ClN3OS/c1-10-2-3-11-12(8-10)22-16-14(11)15(17)18-13(19-16)9-20-4-6-21-7-5-20/h10H,2-9H2,1H3/p+1/t10-/m0/s1. The summed E-state index contributed by atoms with van der Waals surface area (Å²) in [6, 6.07) is 0. The molecular weight excluding hydrogens is 318 g/mol. The molecule has 2 aliphatic rings. The van der Waals surface area contributed by atoms with Crippen LogP contribution in [0.5, 0.6) is 0 Å². The van der Waals surface area contributed by atoms with Crippen LogP contribution in [0.1, 0.15) is 29.6 Å². The van der Waals surface area contributed by atoms with Crippen molar-refractivity contribution in [1.82, 2.24) is 9.97 Å². The molecule has 6 heteroatoms. The monoisotopic (exact) mass is 338 g/mol. The number of halogens is 1. The number of thiophene rings is 1. The molecule has 0 spiro atoms. The lowest BCUT2D eigenvalue weighted by atomic mass is 9.89. The fourth-order valence-electron chi connectivity index (χ4n) is 3.48. The van der Waals surface area contributed by atoms with E-state index in [1.54, 1.807) is 0 Å². The number of ether oxygens (including phenoxy) is 1. The molecule has 0 amide bonds. The highest BCUT2D eigenvalue weighted by Gasteiger charge is 2.24. The molecule has 118 valence electrons. The molecule has 0 unspecified atom stereocenters. The first-order valence-corrected chi connectivity index (χ1v) is 9.28. The van der Waals surface area contributed by atoms with Gasteiger partial charge in [-0.1, -0.05) is 18.5 Å². The maximum atomic E-state index is 6.52. The molecule has 1 atom stereocenters. The van der Waals surface area contributed by atoms with Crippen molar-refractivity contribution in [3.05, 3.63) is 21.4 Å². The highest BCUT2D eigenvalue weighted by Crippen LogP contribution is 2.39. The van der Waals surface area contributed by atoms with Gasteiger partial charge in [0.15, 0.2) is 5.82 Å². The molecule has 1 aliphatic carbocycles. The van der Waals surface area contributed by atoms with Crippen LogP contribution >= 0.6 is 22.9 Å². The summed E-state index contributed by atoms with van der Waals surface area (Å²) in [6.45, 7) is 6.88. The first-order chi connectivity index (χ1) is 10.7. The van der Waals surface area contributed by atoms with Gasteiger partial charge in [0.05, 0.1) is 18.6 Å². The van der Waals surface area contributed by atoms with Crippen molar-refractivity contribution < 1.29 is 9.64 Å². The molecule has 1 N–H and O–H groups in total. The average Bonchev–Trinajstić information content (AvgIpc) is 2.85. The number of morpholine rings is 1. The Balaban J connectivity index is 1.67. The highest BCUT2D eigenvalue weighted by molar-refractivity contribution is 7.19. The van der Waals surface area contributed by atoms with Gasteiger partial charge in [-0.05, 0) is 30.7 Å². The summed E-state index contributed by atoms with van der Waals surface area (Å²) in [6.07, 6.45) is 3.53. The molecule has 1 saturated heterocycles. The number of nitrogens with one attached hydrogen (secondary N) is 1. The second kappa shape index (κ2) is 6.04. The van der Waals surface area contributed by atoms with Gasteiger partial charge >= 0.3 is 0 Å². The van der Waals surface area contributed by atoms with E-state index in [2.05, 4.69) is 11.9 Å². The molecule has 4 rings (SSSR count). The van der Waals surface area contributed by atoms with Crippen LogP contribution in [0.3, 0.4) is 0 Å². The summed E-state index contributed by atoms with van der Waals surface area (Å²) >= 11 is 8.34. The third-order valence-electron chi connectivity index (χ3n) is 4.77. The van der Waals surface area contributed by atoms with Crippen LogP contribution in [-0.2, 0) is 24.1 Å². The summed E-state index contributed by atoms with van der Waals surface area (Å²) in [4.78, 5) is 13.5. The zero-order valence-corrected chi connectivity index (χ0v) is 14.4. The van der Waals surface area contributed by atoms with Crippen molar-refractivity contribution in [3.8, 4) is 0 Å². The fraction of sp³-hybridized carbons (Fsp3) is 0.625. The molecule has 0 radical (unpaired) electrons. The number of hydrogen-bond acceptors (Lipinski definition) is 4. The van der Waals surface area contributed by atoms with Gasteiger partial charge in [-0.25, -0.2) is 9.97 Å². The number of aromatic nitrogens is 2. The SMILES string of the molecule is C[C@H]1CCc2c(sc3nc(C[NH+]4CCOCC4)nc(Cl)c23)C1. The number of fused-ring (bicyclic) bond motifs is 3. The minimum atomic E-state index is 0.653. The predicted molar refractivity (Wildman–Crippen MR) is 88.8 cm³/mol. The van der Waals surface area contributed by atoms with Gasteiger partial charge in [0, 0.05) is 4.88 Å². The van der Waals surface area contributed by atoms with E-state index in [0.717, 1.165) is 67.6 Å². The van der Waals surface area contributed by atoms with E-state index < -0.39 is 0 Å². The summed E-state index contributed by atoms with van der Waals surface area (Å²) < 4.78 is 5.41. The predicted octanol–water partition coefficient (Wildman–Crippen LogP) is 1.88. The molecule has 0 aromatic carbocycles. The van der Waals surface area contributed by atoms with Crippen LogP contribution in [0.4, 0.5) is 0 Å². The van der Waals surface area contributed by atoms with E-state index in [9.17, 15) is 0 Å². The van der Waals surface area contributed by atoms with Gasteiger partial charge < -0.3 is 9.64 Å². The Morgan fingerprint density at radius 3 is 2.95 bits per heavy atom. The van der Waals surface area contributed by atoms with Gasteiger partial charge in [0.2, 0.25) is 0 Å². The molecule has 0 saturated carbocycles. The van der Waals surface area contributed by atoms with E-state index in [4.69, 9.17) is 21.3 Å². The summed E-state index contributed by atoms with van der Waals surface area (Å²) in [7, 11) is 0. The first-order valence-electron chi connectivity index (χ1n) is 8.08. The van der Waals surface area contributed by atoms with Crippen LogP contribution in [0, 0.1) is 5.92 Å². The first kappa shape index (κ1) is 14.8. The van der Waals surface area contributed by atoms with Crippen molar-refractivity contribution in [1.29, 1.82) is 0 Å². The Bertz CT molecular complexity index is 696. The number of aryl methyl sites for hydroxylation is 1. The van der Waals surface area contributed by atoms with Crippen LogP contribution in [0.2, 0.25) is 5.15 Å². The van der Waals surface area contributed by atoms with Crippen molar-refractivity contribution in [2.45, 2.75) is 32.7 Å². The number of hydrogen-bond donors (Lipinski definition) is 1. The normalized spacial score (nSPS) is 22.9. The van der Waals surface area contributed by atoms with E-state index in [1.165, 1.54) is 21.8 Å². The number of nitrogens with zero attached hydrogens (tertiary/aromatic N) is 2. The Labute approximate surface area is 139 Å². The van der Waals surface area contributed by atoms with Gasteiger partial charge in [0.25, 0.3) is 0 Å². The van der Waals surface area contributed by atoms with E-state index in [0.29, 0.717) is 5.15 Å². The zero-order valence-electron chi connectivity index (χ0n) is 12.8. The number of quaternary nitrogens is 1. The average molecular weight is 339 g/mol. The Morgan fingerprint density at radius 1 is 1.32 bits per heavy atom. The minimum absolute atomic E-state index is 0.653. The van der Waals surface area contributed by atoms with Crippen LogP contribution in [-0.4, -0.2) is 36.3 Å². The lowest BCUT2D eigenvalue weighted by Gasteiger charge is -2.23. The van der Waals surface area contributed by atoms with Crippen molar-refractivity contribution in [2.75, 3.05) is 26.3 Å². The third-order valence-corrected chi connectivity index (χ3v) is 6.19. The zero-order chi connectivity index (χ0) is 15.1. The van der Waals surface area contributed by atoms with Crippen molar-refractivity contribution in [3.63, 3.8) is 0 Å². The van der Waals surface area contributed by atoms with E-state index in [1.807, 2.05) is 11.3 Å². The van der Waals surface area contributed by atoms with Crippen molar-refractivity contribution in [2.24, 2.45) is 5.92 Å². The topological polar surface area (TPSA) is 39.5 Å². The quantitative estimate of drug-likeness (QED) is 0.850. The van der Waals surface area contributed by atoms with Gasteiger partial charge in [-0.3, -0.25) is 0 Å².